The van der Waals surface area contributed by atoms with Crippen molar-refractivity contribution in [3.63, 3.8) is 0 Å². The highest BCUT2D eigenvalue weighted by Crippen LogP contribution is 2.34. The van der Waals surface area contributed by atoms with Crippen LogP contribution in [0.3, 0.4) is 0 Å². The van der Waals surface area contributed by atoms with Crippen molar-refractivity contribution in [3.05, 3.63) is 112 Å². The lowest BCUT2D eigenvalue weighted by Gasteiger charge is -2.23. The molecule has 198 valence electrons. The van der Waals surface area contributed by atoms with Crippen molar-refractivity contribution < 1.29 is 26.7 Å². The Bertz CT molecular complexity index is 1570. The molecule has 0 unspecified atom stereocenters. The molecular weight excluding hydrogens is 503 g/mol. The van der Waals surface area contributed by atoms with Gasteiger partial charge in [0.05, 0.1) is 6.54 Å². The second-order valence-corrected chi connectivity index (χ2v) is 9.20. The van der Waals surface area contributed by atoms with Crippen LogP contribution < -0.4 is 10.9 Å². The number of nitrogens with one attached hydrogen (secondary N) is 2. The van der Waals surface area contributed by atoms with E-state index in [2.05, 4.69) is 5.32 Å². The van der Waals surface area contributed by atoms with Crippen molar-refractivity contribution >= 4 is 5.91 Å². The molecule has 10 heteroatoms. The van der Waals surface area contributed by atoms with Crippen LogP contribution in [0.15, 0.2) is 67.0 Å². The number of alkyl halides is 3. The lowest BCUT2D eigenvalue weighted by Crippen LogP contribution is -2.38. The fourth-order valence-electron chi connectivity index (χ4n) is 4.29. The zero-order chi connectivity index (χ0) is 27.8. The molecule has 5 nitrogen and oxygen atoms in total. The average Bonchev–Trinajstić information content (AvgIpc) is 3.15. The van der Waals surface area contributed by atoms with Gasteiger partial charge in [0.25, 0.3) is 5.91 Å². The molecule has 1 amide bonds. The molecule has 0 radical (unpaired) electrons. The molecule has 1 atom stereocenters. The van der Waals surface area contributed by atoms with Crippen LogP contribution in [0.5, 0.6) is 0 Å². The third-order valence-corrected chi connectivity index (χ3v) is 6.30. The molecule has 4 aromatic rings. The minimum absolute atomic E-state index is 0.0214. The van der Waals surface area contributed by atoms with Crippen LogP contribution >= 0.6 is 0 Å². The van der Waals surface area contributed by atoms with E-state index in [0.717, 1.165) is 18.2 Å². The number of aromatic nitrogens is 2. The zero-order valence-corrected chi connectivity index (χ0v) is 20.8. The summed E-state index contributed by atoms with van der Waals surface area (Å²) in [6.45, 7) is 3.21. The Morgan fingerprint density at radius 2 is 1.71 bits per heavy atom. The topological polar surface area (TPSA) is 62.8 Å². The number of rotatable bonds is 6. The molecule has 0 bridgehead atoms. The van der Waals surface area contributed by atoms with Gasteiger partial charge in [0, 0.05) is 25.0 Å². The van der Waals surface area contributed by atoms with Gasteiger partial charge in [0.1, 0.15) is 11.6 Å². The Kier molecular flexibility index (Phi) is 7.26. The predicted octanol–water partition coefficient (Wildman–Crippen LogP) is 5.95. The quantitative estimate of drug-likeness (QED) is 0.299. The normalized spacial score (nSPS) is 12.4. The lowest BCUT2D eigenvalue weighted by molar-refractivity contribution is -0.155. The first kappa shape index (κ1) is 26.8. The molecule has 2 N–H and O–H groups in total. The van der Waals surface area contributed by atoms with Crippen molar-refractivity contribution in [2.24, 2.45) is 7.05 Å². The number of benzene rings is 3. The Hall–Kier alpha value is -4.21. The summed E-state index contributed by atoms with van der Waals surface area (Å²) < 4.78 is 72.6. The Labute approximate surface area is 215 Å². The fraction of sp³-hybridized carbons (Fsp3) is 0.214. The second-order valence-electron chi connectivity index (χ2n) is 9.20. The van der Waals surface area contributed by atoms with Crippen molar-refractivity contribution in [1.82, 2.24) is 14.5 Å². The summed E-state index contributed by atoms with van der Waals surface area (Å²) in [5.41, 5.74) is 2.12. The second kappa shape index (κ2) is 10.3. The molecule has 0 saturated carbocycles. The van der Waals surface area contributed by atoms with Gasteiger partial charge in [-0.3, -0.25) is 10.2 Å². The van der Waals surface area contributed by atoms with E-state index in [-0.39, 0.29) is 28.9 Å². The zero-order valence-electron chi connectivity index (χ0n) is 20.8. The molecule has 0 saturated heterocycles. The average molecular weight is 529 g/mol. The number of amides is 1. The Morgan fingerprint density at radius 3 is 2.32 bits per heavy atom. The first-order valence-electron chi connectivity index (χ1n) is 11.6. The van der Waals surface area contributed by atoms with E-state index in [9.17, 15) is 26.7 Å². The van der Waals surface area contributed by atoms with E-state index < -0.39 is 29.8 Å². The summed E-state index contributed by atoms with van der Waals surface area (Å²) in [5, 5.41) is 10.2. The molecular formula is C28H25F5N4O. The largest absolute Gasteiger partial charge is 0.412 e. The number of imidazole rings is 1. The maximum absolute atomic E-state index is 14.0. The third-order valence-electron chi connectivity index (χ3n) is 6.30. The van der Waals surface area contributed by atoms with E-state index in [1.54, 1.807) is 41.6 Å². The Balaban J connectivity index is 1.77. The maximum atomic E-state index is 14.0. The molecule has 4 rings (SSSR count). The van der Waals surface area contributed by atoms with Gasteiger partial charge in [0.15, 0.2) is 6.04 Å². The summed E-state index contributed by atoms with van der Waals surface area (Å²) in [6, 6.07) is 9.40. The highest BCUT2D eigenvalue weighted by atomic mass is 19.4. The van der Waals surface area contributed by atoms with Crippen molar-refractivity contribution in [2.45, 2.75) is 32.6 Å². The van der Waals surface area contributed by atoms with Crippen LogP contribution in [0, 0.1) is 30.9 Å². The number of carbonyl (C=O) groups excluding carboxylic acids is 1. The van der Waals surface area contributed by atoms with Crippen molar-refractivity contribution in [1.29, 1.82) is 5.41 Å². The smallest absolute Gasteiger partial charge is 0.337 e. The van der Waals surface area contributed by atoms with Crippen LogP contribution in [-0.4, -0.2) is 21.2 Å². The molecule has 1 aromatic heterocycles. The summed E-state index contributed by atoms with van der Waals surface area (Å²) in [5.74, 6) is -2.08. The Morgan fingerprint density at radius 1 is 0.974 bits per heavy atom. The summed E-state index contributed by atoms with van der Waals surface area (Å²) in [6.07, 6.45) is -1.48. The van der Waals surface area contributed by atoms with E-state index in [1.165, 1.54) is 37.3 Å². The molecule has 0 aliphatic heterocycles. The van der Waals surface area contributed by atoms with E-state index in [1.807, 2.05) is 0 Å². The van der Waals surface area contributed by atoms with Crippen molar-refractivity contribution in [2.75, 3.05) is 0 Å². The first-order valence-corrected chi connectivity index (χ1v) is 11.6. The molecule has 1 heterocycles. The van der Waals surface area contributed by atoms with Gasteiger partial charge in [-0.25, -0.2) is 8.78 Å². The van der Waals surface area contributed by atoms with Crippen LogP contribution in [0.25, 0.3) is 11.1 Å². The van der Waals surface area contributed by atoms with Gasteiger partial charge in [-0.2, -0.15) is 13.2 Å². The van der Waals surface area contributed by atoms with E-state index in [4.69, 9.17) is 5.41 Å². The van der Waals surface area contributed by atoms with Gasteiger partial charge >= 0.3 is 6.18 Å². The number of halogens is 5. The summed E-state index contributed by atoms with van der Waals surface area (Å²) in [7, 11) is 1.70. The summed E-state index contributed by atoms with van der Waals surface area (Å²) >= 11 is 0. The van der Waals surface area contributed by atoms with E-state index in [0.29, 0.717) is 22.3 Å². The lowest BCUT2D eigenvalue weighted by atomic mass is 9.95. The first-order chi connectivity index (χ1) is 17.8. The number of aryl methyl sites for hydroxylation is 3. The van der Waals surface area contributed by atoms with Gasteiger partial charge < -0.3 is 14.5 Å². The van der Waals surface area contributed by atoms with E-state index >= 15 is 0 Å². The van der Waals surface area contributed by atoms with Crippen LogP contribution in [-0.2, 0) is 13.6 Å². The molecule has 0 spiro atoms. The minimum Gasteiger partial charge on any atom is -0.337 e. The van der Waals surface area contributed by atoms with Crippen molar-refractivity contribution in [3.8, 4) is 11.1 Å². The molecule has 0 aliphatic carbocycles. The maximum Gasteiger partial charge on any atom is 0.412 e. The monoisotopic (exact) mass is 528 g/mol. The van der Waals surface area contributed by atoms with Gasteiger partial charge in [-0.05, 0) is 83.6 Å². The highest BCUT2D eigenvalue weighted by molar-refractivity contribution is 5.96. The number of nitrogens with zero attached hydrogens (tertiary/aromatic N) is 2. The fourth-order valence-corrected chi connectivity index (χ4v) is 4.29. The number of hydrogen-bond acceptors (Lipinski definition) is 2. The predicted molar refractivity (Wildman–Crippen MR) is 132 cm³/mol. The number of hydrogen-bond donors (Lipinski definition) is 2. The standard InChI is InChI=1S/C28H25F5N4O/c1-16-11-22(29)5-6-23(16)20-12-18(15-37-9-8-36(3)27(37)34)13-21(14-20)26(38)35-25(28(31,32)33)19-4-7-24(30)17(2)10-19/h4-14,25,34H,15H2,1-3H3,(H,35,38)/t25-/m0/s1. The van der Waals surface area contributed by atoms with Gasteiger partial charge in [0.2, 0.25) is 5.62 Å². The molecule has 0 aliphatic rings. The number of carbonyl (C=O) groups is 1. The minimum atomic E-state index is -4.84. The van der Waals surface area contributed by atoms with Crippen LogP contribution in [0.1, 0.15) is 38.7 Å². The SMILES string of the molecule is Cc1cc([C@H](NC(=O)c2cc(Cn3ccn(C)c3=N)cc(-c3ccc(F)cc3C)c2)C(F)(F)F)ccc1F. The third kappa shape index (κ3) is 5.69. The van der Waals surface area contributed by atoms with Crippen LogP contribution in [0.4, 0.5) is 22.0 Å². The van der Waals surface area contributed by atoms with Crippen LogP contribution in [0.2, 0.25) is 0 Å². The molecule has 3 aromatic carbocycles. The summed E-state index contributed by atoms with van der Waals surface area (Å²) in [4.78, 5) is 13.2. The highest BCUT2D eigenvalue weighted by Gasteiger charge is 2.42. The van der Waals surface area contributed by atoms with Gasteiger partial charge in [-0.15, -0.1) is 0 Å². The van der Waals surface area contributed by atoms with Gasteiger partial charge in [-0.1, -0.05) is 18.2 Å². The molecule has 38 heavy (non-hydrogen) atoms. The molecule has 0 fully saturated rings.